The first-order valence-corrected chi connectivity index (χ1v) is 21.8. The van der Waals surface area contributed by atoms with Crippen LogP contribution in [0.4, 0.5) is 0 Å². The molecule has 3 heterocycles. The highest BCUT2D eigenvalue weighted by atomic mass is 28.4. The van der Waals surface area contributed by atoms with E-state index in [-0.39, 0.29) is 16.6 Å². The van der Waals surface area contributed by atoms with Crippen molar-refractivity contribution < 1.29 is 18.5 Å². The average Bonchev–Trinajstić information content (AvgIpc) is 3.56. The first-order valence-electron chi connectivity index (χ1n) is 19.9. The molecule has 1 fully saturated rings. The van der Waals surface area contributed by atoms with Crippen LogP contribution in [-0.2, 0) is 31.4 Å². The van der Waals surface area contributed by atoms with Crippen molar-refractivity contribution in [2.45, 2.75) is 111 Å². The van der Waals surface area contributed by atoms with E-state index in [0.29, 0.717) is 6.61 Å². The Morgan fingerprint density at radius 3 is 2.00 bits per heavy atom. The molecule has 1 aliphatic rings. The number of ether oxygens (including phenoxy) is 1. The maximum absolute atomic E-state index is 7.59. The highest BCUT2D eigenvalue weighted by Crippen LogP contribution is 2.43. The van der Waals surface area contributed by atoms with E-state index in [1.807, 2.05) is 18.2 Å². The molecule has 1 atom stereocenters. The zero-order valence-corrected chi connectivity index (χ0v) is 36.2. The Morgan fingerprint density at radius 1 is 0.855 bits per heavy atom. The number of nitrogens with zero attached hydrogens (tertiary/aromatic N) is 2. The smallest absolute Gasteiger partial charge is 0.407 e. The van der Waals surface area contributed by atoms with Gasteiger partial charge in [0.25, 0.3) is 8.32 Å². The summed E-state index contributed by atoms with van der Waals surface area (Å²) in [6, 6.07) is 32.9. The lowest BCUT2D eigenvalue weighted by molar-refractivity contribution is 0.00578. The summed E-state index contributed by atoms with van der Waals surface area (Å²) in [5.74, 6) is 2.04. The van der Waals surface area contributed by atoms with Crippen LogP contribution in [0.15, 0.2) is 103 Å². The summed E-state index contributed by atoms with van der Waals surface area (Å²) in [4.78, 5) is 4.89. The van der Waals surface area contributed by atoms with Crippen molar-refractivity contribution in [2.24, 2.45) is 5.41 Å². The second kappa shape index (κ2) is 15.6. The van der Waals surface area contributed by atoms with Crippen molar-refractivity contribution in [1.29, 1.82) is 0 Å². The topological polar surface area (TPSA) is 54.7 Å². The molecule has 0 spiro atoms. The largest absolute Gasteiger partial charge is 0.487 e. The fourth-order valence-electron chi connectivity index (χ4n) is 8.17. The Kier molecular flexibility index (Phi) is 11.6. The molecule has 8 heteroatoms. The number of aryl methyl sites for hydroxylation is 1. The van der Waals surface area contributed by atoms with Gasteiger partial charge in [0.2, 0.25) is 0 Å². The number of methoxy groups -OCH3 is 1. The van der Waals surface area contributed by atoms with E-state index in [1.165, 1.54) is 32.5 Å². The molecule has 6 nitrogen and oxygen atoms in total. The molecule has 290 valence electrons. The Bertz CT molecular complexity index is 2060. The molecule has 1 saturated heterocycles. The van der Waals surface area contributed by atoms with Crippen molar-refractivity contribution in [3.8, 4) is 11.3 Å². The van der Waals surface area contributed by atoms with Gasteiger partial charge in [-0.05, 0) is 104 Å². The lowest BCUT2D eigenvalue weighted by Crippen LogP contribution is -2.67. The zero-order valence-electron chi connectivity index (χ0n) is 35.2. The molecule has 0 aliphatic carbocycles. The van der Waals surface area contributed by atoms with Gasteiger partial charge in [-0.1, -0.05) is 113 Å². The molecule has 55 heavy (non-hydrogen) atoms. The van der Waals surface area contributed by atoms with Crippen LogP contribution in [0.3, 0.4) is 0 Å². The quantitative estimate of drug-likeness (QED) is 0.112. The van der Waals surface area contributed by atoms with Gasteiger partial charge in [0, 0.05) is 42.9 Å². The number of aromatic nitrogens is 2. The summed E-state index contributed by atoms with van der Waals surface area (Å²) >= 11 is 0. The SMILES string of the molecule is CCn1c(-c2cccnc2[C@H](C)OC)c(CC(C)(C)CO[Si](c2ccccc2)(c2ccccc2)C(C)(C)C)c2cc(/C=C/B3OC(C)(C)C(C)(C)O3)ccc21. The van der Waals surface area contributed by atoms with Gasteiger partial charge >= 0.3 is 7.12 Å². The third-order valence-corrected chi connectivity index (χ3v) is 16.8. The van der Waals surface area contributed by atoms with E-state index in [0.717, 1.165) is 29.8 Å². The molecule has 5 aromatic rings. The summed E-state index contributed by atoms with van der Waals surface area (Å²) < 4.78 is 28.5. The molecule has 0 amide bonds. The minimum atomic E-state index is -2.76. The lowest BCUT2D eigenvalue weighted by Gasteiger charge is -2.44. The van der Waals surface area contributed by atoms with Crippen LogP contribution in [0, 0.1) is 5.41 Å². The zero-order chi connectivity index (χ0) is 39.8. The molecular weight excluding hydrogens is 695 g/mol. The van der Waals surface area contributed by atoms with E-state index in [4.69, 9.17) is 23.5 Å². The number of benzene rings is 3. The van der Waals surface area contributed by atoms with Crippen molar-refractivity contribution >= 4 is 42.8 Å². The molecule has 6 rings (SSSR count). The fourth-order valence-corrected chi connectivity index (χ4v) is 12.9. The number of hydrogen-bond acceptors (Lipinski definition) is 5. The maximum Gasteiger partial charge on any atom is 0.487 e. The predicted molar refractivity (Wildman–Crippen MR) is 232 cm³/mol. The summed E-state index contributed by atoms with van der Waals surface area (Å²) in [6.45, 7) is 25.8. The molecule has 0 radical (unpaired) electrons. The van der Waals surface area contributed by atoms with Gasteiger partial charge < -0.3 is 23.0 Å². The highest BCUT2D eigenvalue weighted by molar-refractivity contribution is 6.99. The molecule has 0 saturated carbocycles. The van der Waals surface area contributed by atoms with Crippen LogP contribution >= 0.6 is 0 Å². The van der Waals surface area contributed by atoms with Crippen LogP contribution in [0.25, 0.3) is 28.2 Å². The molecule has 2 aromatic heterocycles. The normalized spacial score (nSPS) is 16.7. The van der Waals surface area contributed by atoms with Gasteiger partial charge in [0.1, 0.15) is 0 Å². The third-order valence-electron chi connectivity index (χ3n) is 11.8. The highest BCUT2D eigenvalue weighted by Gasteiger charge is 2.51. The van der Waals surface area contributed by atoms with E-state index in [1.54, 1.807) is 7.11 Å². The molecule has 0 bridgehead atoms. The number of pyridine rings is 1. The van der Waals surface area contributed by atoms with Crippen LogP contribution in [-0.4, -0.2) is 49.9 Å². The number of fused-ring (bicyclic) bond motifs is 1. The van der Waals surface area contributed by atoms with E-state index in [9.17, 15) is 0 Å². The second-order valence-corrected chi connectivity index (χ2v) is 22.2. The molecule has 3 aromatic carbocycles. The Balaban J connectivity index is 1.47. The van der Waals surface area contributed by atoms with Gasteiger partial charge in [-0.2, -0.15) is 0 Å². The van der Waals surface area contributed by atoms with E-state index >= 15 is 0 Å². The molecule has 0 N–H and O–H groups in total. The third kappa shape index (κ3) is 7.94. The number of hydrogen-bond donors (Lipinski definition) is 0. The first-order chi connectivity index (χ1) is 25.9. The Labute approximate surface area is 331 Å². The lowest BCUT2D eigenvalue weighted by atomic mass is 9.84. The van der Waals surface area contributed by atoms with Gasteiger partial charge in [0.05, 0.1) is 28.7 Å². The van der Waals surface area contributed by atoms with Gasteiger partial charge in [0.15, 0.2) is 0 Å². The maximum atomic E-state index is 7.59. The standard InChI is InChI=1S/C47H61BN2O4Si/c1-13-50-41-27-26-35(28-29-48-53-46(8,9)47(10,11)54-48)31-39(41)40(43(50)38-25-20-30-49-42(38)34(2)51-12)32-45(6,7)33-52-55(44(3,4)5,36-21-16-14-17-22-36)37-23-18-15-19-24-37/h14-31,34H,13,32-33H2,1-12H3/b29-28+/t34-/m0/s1. The summed E-state index contributed by atoms with van der Waals surface area (Å²) in [5, 5.41) is 3.69. The second-order valence-electron chi connectivity index (χ2n) is 17.9. The molecule has 0 unspecified atom stereocenters. The monoisotopic (exact) mass is 756 g/mol. The minimum absolute atomic E-state index is 0.117. The predicted octanol–water partition coefficient (Wildman–Crippen LogP) is 10.2. The van der Waals surface area contributed by atoms with Gasteiger partial charge in [-0.3, -0.25) is 4.98 Å². The fraction of sp³-hybridized carbons (Fsp3) is 0.426. The van der Waals surface area contributed by atoms with Crippen molar-refractivity contribution in [2.75, 3.05) is 13.7 Å². The minimum Gasteiger partial charge on any atom is -0.407 e. The molecular formula is C47H61BN2O4Si. The van der Waals surface area contributed by atoms with E-state index in [2.05, 4.69) is 172 Å². The Hall–Kier alpha value is -3.79. The molecule has 1 aliphatic heterocycles. The van der Waals surface area contributed by atoms with Crippen molar-refractivity contribution in [3.05, 3.63) is 120 Å². The summed E-state index contributed by atoms with van der Waals surface area (Å²) in [6.07, 6.45) is 4.63. The summed E-state index contributed by atoms with van der Waals surface area (Å²) in [7, 11) is -1.42. The first kappa shape index (κ1) is 40.9. The summed E-state index contributed by atoms with van der Waals surface area (Å²) in [5.41, 5.74) is 5.79. The Morgan fingerprint density at radius 2 is 1.45 bits per heavy atom. The van der Waals surface area contributed by atoms with E-state index < -0.39 is 26.6 Å². The van der Waals surface area contributed by atoms with Crippen molar-refractivity contribution in [3.63, 3.8) is 0 Å². The average molecular weight is 757 g/mol. The van der Waals surface area contributed by atoms with Gasteiger partial charge in [-0.15, -0.1) is 0 Å². The van der Waals surface area contributed by atoms with Gasteiger partial charge in [-0.25, -0.2) is 0 Å². The van der Waals surface area contributed by atoms with Crippen LogP contribution < -0.4 is 10.4 Å². The van der Waals surface area contributed by atoms with Crippen LogP contribution in [0.5, 0.6) is 0 Å². The number of rotatable bonds is 13. The van der Waals surface area contributed by atoms with Crippen molar-refractivity contribution in [1.82, 2.24) is 9.55 Å². The van der Waals surface area contributed by atoms with Crippen LogP contribution in [0.1, 0.15) is 99.1 Å². The van der Waals surface area contributed by atoms with Crippen LogP contribution in [0.2, 0.25) is 5.04 Å².